The van der Waals surface area contributed by atoms with E-state index in [2.05, 4.69) is 37.0 Å². The van der Waals surface area contributed by atoms with Gasteiger partial charge in [-0.1, -0.05) is 0 Å². The molecular weight excluding hydrogens is 332 g/mol. The topological polar surface area (TPSA) is 104 Å². The zero-order chi connectivity index (χ0) is 18.8. The Balaban J connectivity index is 1.58. The van der Waals surface area contributed by atoms with Gasteiger partial charge in [0.05, 0.1) is 12.1 Å². The quantitative estimate of drug-likeness (QED) is 0.721. The second-order valence-corrected chi connectivity index (χ2v) is 7.45. The number of aromatic nitrogens is 3. The molecule has 1 aliphatic carbocycles. The Bertz CT molecular complexity index is 640. The van der Waals surface area contributed by atoms with Gasteiger partial charge in [-0.05, 0) is 26.7 Å². The summed E-state index contributed by atoms with van der Waals surface area (Å²) in [5.41, 5.74) is 5.84. The summed E-state index contributed by atoms with van der Waals surface area (Å²) in [6, 6.07) is 0.379. The smallest absolute Gasteiger partial charge is 0.237 e. The number of hydrogen-bond donors (Lipinski definition) is 2. The largest absolute Gasteiger partial charge is 0.368 e. The number of carbonyl (C=O) groups is 1. The normalized spacial score (nSPS) is 21.2. The second-order valence-electron chi connectivity index (χ2n) is 7.45. The molecule has 1 saturated carbocycles. The third-order valence-electron chi connectivity index (χ3n) is 5.18. The van der Waals surface area contributed by atoms with Crippen LogP contribution in [0.25, 0.3) is 0 Å². The highest BCUT2D eigenvalue weighted by atomic mass is 16.2. The van der Waals surface area contributed by atoms with Crippen LogP contribution in [0.4, 0.5) is 11.9 Å². The molecule has 1 aromatic rings. The highest BCUT2D eigenvalue weighted by molar-refractivity contribution is 5.81. The summed E-state index contributed by atoms with van der Waals surface area (Å²) < 4.78 is 0. The summed E-state index contributed by atoms with van der Waals surface area (Å²) in [6.07, 6.45) is 2.24. The maximum absolute atomic E-state index is 12.3. The number of carbonyl (C=O) groups excluding carboxylic acids is 1. The fraction of sp³-hybridized carbons (Fsp3) is 0.765. The molecule has 0 aromatic carbocycles. The van der Waals surface area contributed by atoms with Gasteiger partial charge < -0.3 is 16.0 Å². The molecule has 1 aliphatic heterocycles. The Morgan fingerprint density at radius 2 is 1.73 bits per heavy atom. The Hall–Kier alpha value is -2.00. The molecule has 1 saturated heterocycles. The average molecular weight is 362 g/mol. The van der Waals surface area contributed by atoms with Crippen LogP contribution in [0.5, 0.6) is 0 Å². The second kappa shape index (κ2) is 7.71. The van der Waals surface area contributed by atoms with Gasteiger partial charge in [-0.25, -0.2) is 0 Å². The molecule has 26 heavy (non-hydrogen) atoms. The zero-order valence-electron chi connectivity index (χ0n) is 16.1. The van der Waals surface area contributed by atoms with Crippen LogP contribution in [0.1, 0.15) is 38.6 Å². The summed E-state index contributed by atoms with van der Waals surface area (Å²) >= 11 is 0. The first-order valence-corrected chi connectivity index (χ1v) is 9.32. The third kappa shape index (κ3) is 4.39. The summed E-state index contributed by atoms with van der Waals surface area (Å²) in [5, 5.41) is 3.09. The molecule has 0 radical (unpaired) electrons. The zero-order valence-corrected chi connectivity index (χ0v) is 16.1. The van der Waals surface area contributed by atoms with Gasteiger partial charge in [-0.15, -0.1) is 0 Å². The molecular formula is C17H30N8O. The first-order valence-electron chi connectivity index (χ1n) is 9.32. The van der Waals surface area contributed by atoms with E-state index in [1.54, 1.807) is 0 Å². The van der Waals surface area contributed by atoms with Crippen molar-refractivity contribution in [3.63, 3.8) is 0 Å². The first kappa shape index (κ1) is 18.8. The minimum absolute atomic E-state index is 0.0525. The van der Waals surface area contributed by atoms with E-state index in [4.69, 9.17) is 5.73 Å². The van der Waals surface area contributed by atoms with E-state index in [1.165, 1.54) is 0 Å². The molecule has 1 amide bonds. The van der Waals surface area contributed by atoms with E-state index < -0.39 is 0 Å². The van der Waals surface area contributed by atoms with Gasteiger partial charge >= 0.3 is 0 Å². The van der Waals surface area contributed by atoms with Crippen molar-refractivity contribution in [1.29, 1.82) is 0 Å². The van der Waals surface area contributed by atoms with Crippen LogP contribution in [-0.2, 0) is 4.79 Å². The number of anilines is 2. The van der Waals surface area contributed by atoms with Gasteiger partial charge in [0.15, 0.2) is 5.82 Å². The molecule has 2 heterocycles. The van der Waals surface area contributed by atoms with E-state index in [1.807, 2.05) is 25.9 Å². The Kier molecular flexibility index (Phi) is 5.57. The Morgan fingerprint density at radius 3 is 2.31 bits per heavy atom. The van der Waals surface area contributed by atoms with Crippen LogP contribution in [0.15, 0.2) is 0 Å². The van der Waals surface area contributed by atoms with Crippen molar-refractivity contribution in [2.24, 2.45) is 0 Å². The fourth-order valence-electron chi connectivity index (χ4n) is 3.17. The van der Waals surface area contributed by atoms with Crippen LogP contribution in [-0.4, -0.2) is 83.0 Å². The maximum Gasteiger partial charge on any atom is 0.237 e. The molecule has 3 rings (SSSR count). The molecule has 9 nitrogen and oxygen atoms in total. The van der Waals surface area contributed by atoms with E-state index >= 15 is 0 Å². The lowest BCUT2D eigenvalue weighted by Gasteiger charge is -2.39. The SMILES string of the molecule is C[C@@H](C(=O)NC1CC1)N1CCN([C@@H](C)c2nc(N)nc(N(C)C)n2)CC1. The lowest BCUT2D eigenvalue weighted by molar-refractivity contribution is -0.126. The van der Waals surface area contributed by atoms with Crippen molar-refractivity contribution in [3.8, 4) is 0 Å². The molecule has 9 heteroatoms. The highest BCUT2D eigenvalue weighted by Gasteiger charge is 2.31. The molecule has 0 unspecified atom stereocenters. The van der Waals surface area contributed by atoms with Crippen LogP contribution in [0, 0.1) is 0 Å². The Morgan fingerprint density at radius 1 is 1.12 bits per heavy atom. The monoisotopic (exact) mass is 362 g/mol. The van der Waals surface area contributed by atoms with Crippen molar-refractivity contribution < 1.29 is 4.79 Å². The van der Waals surface area contributed by atoms with Crippen LogP contribution >= 0.6 is 0 Å². The molecule has 3 N–H and O–H groups in total. The van der Waals surface area contributed by atoms with Crippen LogP contribution in [0.2, 0.25) is 0 Å². The van der Waals surface area contributed by atoms with Gasteiger partial charge in [-0.2, -0.15) is 15.0 Å². The number of amides is 1. The summed E-state index contributed by atoms with van der Waals surface area (Å²) in [7, 11) is 3.77. The van der Waals surface area contributed by atoms with Crippen molar-refractivity contribution in [3.05, 3.63) is 5.82 Å². The predicted octanol–water partition coefficient (Wildman–Crippen LogP) is -0.134. The van der Waals surface area contributed by atoms with Crippen LogP contribution < -0.4 is 16.0 Å². The molecule has 0 bridgehead atoms. The Labute approximate surface area is 155 Å². The summed E-state index contributed by atoms with van der Waals surface area (Å²) in [5.74, 6) is 1.65. The van der Waals surface area contributed by atoms with Gasteiger partial charge in [0.1, 0.15) is 0 Å². The molecule has 2 atom stereocenters. The van der Waals surface area contributed by atoms with Crippen molar-refractivity contribution in [2.45, 2.75) is 44.8 Å². The minimum atomic E-state index is -0.0822. The fourth-order valence-corrected chi connectivity index (χ4v) is 3.17. The molecule has 2 fully saturated rings. The standard InChI is InChI=1S/C17H30N8O/c1-11(14-20-16(18)22-17(21-14)23(3)4)24-7-9-25(10-8-24)12(2)15(26)19-13-5-6-13/h11-13H,5-10H2,1-4H3,(H,19,26)(H2,18,20,21,22)/t11-,12-/m0/s1. The van der Waals surface area contributed by atoms with Crippen molar-refractivity contribution in [1.82, 2.24) is 30.1 Å². The summed E-state index contributed by atoms with van der Waals surface area (Å²) in [6.45, 7) is 7.52. The van der Waals surface area contributed by atoms with E-state index in [0.717, 1.165) is 39.0 Å². The van der Waals surface area contributed by atoms with Crippen LogP contribution in [0.3, 0.4) is 0 Å². The van der Waals surface area contributed by atoms with Crippen molar-refractivity contribution in [2.75, 3.05) is 50.9 Å². The van der Waals surface area contributed by atoms with Gasteiger partial charge in [0, 0.05) is 46.3 Å². The molecule has 0 spiro atoms. The minimum Gasteiger partial charge on any atom is -0.368 e. The first-order chi connectivity index (χ1) is 12.3. The van der Waals surface area contributed by atoms with E-state index in [0.29, 0.717) is 17.8 Å². The van der Waals surface area contributed by atoms with E-state index in [9.17, 15) is 4.79 Å². The number of nitrogens with zero attached hydrogens (tertiary/aromatic N) is 6. The molecule has 2 aliphatic rings. The third-order valence-corrected chi connectivity index (χ3v) is 5.18. The van der Waals surface area contributed by atoms with Gasteiger partial charge in [0.2, 0.25) is 17.8 Å². The molecule has 1 aromatic heterocycles. The number of nitrogens with two attached hydrogens (primary N) is 1. The van der Waals surface area contributed by atoms with Gasteiger partial charge in [0.25, 0.3) is 0 Å². The highest BCUT2D eigenvalue weighted by Crippen LogP contribution is 2.22. The number of hydrogen-bond acceptors (Lipinski definition) is 8. The number of rotatable bonds is 6. The van der Waals surface area contributed by atoms with E-state index in [-0.39, 0.29) is 23.9 Å². The number of nitrogens with one attached hydrogen (secondary N) is 1. The van der Waals surface area contributed by atoms with Crippen molar-refractivity contribution >= 4 is 17.8 Å². The predicted molar refractivity (Wildman–Crippen MR) is 101 cm³/mol. The lowest BCUT2D eigenvalue weighted by Crippen LogP contribution is -2.54. The van der Waals surface area contributed by atoms with Gasteiger partial charge in [-0.3, -0.25) is 14.6 Å². The summed E-state index contributed by atoms with van der Waals surface area (Å²) in [4.78, 5) is 31.7. The number of nitrogen functional groups attached to an aromatic ring is 1. The maximum atomic E-state index is 12.3. The average Bonchev–Trinajstić information content (AvgIpc) is 3.44. The lowest BCUT2D eigenvalue weighted by atomic mass is 10.1. The number of piperazine rings is 1. The molecule has 144 valence electrons.